The third-order valence-corrected chi connectivity index (χ3v) is 5.42. The van der Waals surface area contributed by atoms with Gasteiger partial charge in [0.15, 0.2) is 23.0 Å². The summed E-state index contributed by atoms with van der Waals surface area (Å²) in [7, 11) is 1.69. The van der Waals surface area contributed by atoms with Crippen molar-refractivity contribution < 1.29 is 18.9 Å². The Balaban J connectivity index is 1.66. The van der Waals surface area contributed by atoms with E-state index in [-0.39, 0.29) is 6.10 Å². The average molecular weight is 354 g/mol. The summed E-state index contributed by atoms with van der Waals surface area (Å²) < 4.78 is 23.4. The van der Waals surface area contributed by atoms with Crippen LogP contribution in [0.3, 0.4) is 0 Å². The SMILES string of the molecule is CCc1cc2c(c(C3CCCC3Oc3cc(C)ccc3OC)c1)OCO2. The van der Waals surface area contributed by atoms with E-state index in [0.717, 1.165) is 48.7 Å². The fourth-order valence-corrected chi connectivity index (χ4v) is 4.04. The van der Waals surface area contributed by atoms with E-state index in [1.54, 1.807) is 7.11 Å². The predicted octanol–water partition coefficient (Wildman–Crippen LogP) is 5.01. The van der Waals surface area contributed by atoms with E-state index >= 15 is 0 Å². The summed E-state index contributed by atoms with van der Waals surface area (Å²) in [6, 6.07) is 10.4. The van der Waals surface area contributed by atoms with Crippen LogP contribution >= 0.6 is 0 Å². The minimum Gasteiger partial charge on any atom is -0.493 e. The van der Waals surface area contributed by atoms with Crippen LogP contribution in [0.4, 0.5) is 0 Å². The zero-order valence-electron chi connectivity index (χ0n) is 15.7. The maximum absolute atomic E-state index is 6.46. The van der Waals surface area contributed by atoms with E-state index in [1.165, 1.54) is 16.7 Å². The smallest absolute Gasteiger partial charge is 0.231 e. The van der Waals surface area contributed by atoms with Gasteiger partial charge in [-0.3, -0.25) is 0 Å². The summed E-state index contributed by atoms with van der Waals surface area (Å²) in [5.74, 6) is 3.69. The van der Waals surface area contributed by atoms with Gasteiger partial charge in [-0.2, -0.15) is 0 Å². The van der Waals surface area contributed by atoms with Crippen LogP contribution in [-0.4, -0.2) is 20.0 Å². The minimum absolute atomic E-state index is 0.117. The van der Waals surface area contributed by atoms with Crippen LogP contribution in [0, 0.1) is 6.92 Å². The van der Waals surface area contributed by atoms with Crippen LogP contribution in [0.25, 0.3) is 0 Å². The molecule has 4 nitrogen and oxygen atoms in total. The topological polar surface area (TPSA) is 36.9 Å². The molecule has 1 saturated carbocycles. The second-order valence-corrected chi connectivity index (χ2v) is 7.12. The van der Waals surface area contributed by atoms with E-state index in [0.29, 0.717) is 12.7 Å². The van der Waals surface area contributed by atoms with Crippen LogP contribution in [0.15, 0.2) is 30.3 Å². The van der Waals surface area contributed by atoms with Gasteiger partial charge in [0.25, 0.3) is 0 Å². The van der Waals surface area contributed by atoms with Crippen molar-refractivity contribution >= 4 is 0 Å². The number of aryl methyl sites for hydroxylation is 2. The van der Waals surface area contributed by atoms with Crippen molar-refractivity contribution in [2.45, 2.75) is 51.6 Å². The van der Waals surface area contributed by atoms with Gasteiger partial charge in [0.1, 0.15) is 6.10 Å². The third kappa shape index (κ3) is 3.09. The van der Waals surface area contributed by atoms with Crippen LogP contribution in [0.1, 0.15) is 48.8 Å². The number of hydrogen-bond acceptors (Lipinski definition) is 4. The highest BCUT2D eigenvalue weighted by molar-refractivity contribution is 5.53. The third-order valence-electron chi connectivity index (χ3n) is 5.42. The van der Waals surface area contributed by atoms with Crippen LogP contribution < -0.4 is 18.9 Å². The van der Waals surface area contributed by atoms with Crippen molar-refractivity contribution in [3.05, 3.63) is 47.0 Å². The van der Waals surface area contributed by atoms with Crippen LogP contribution in [0.5, 0.6) is 23.0 Å². The van der Waals surface area contributed by atoms with Crippen LogP contribution in [-0.2, 0) is 6.42 Å². The van der Waals surface area contributed by atoms with E-state index in [1.807, 2.05) is 12.1 Å². The Hall–Kier alpha value is -2.36. The molecule has 26 heavy (non-hydrogen) atoms. The quantitative estimate of drug-likeness (QED) is 0.756. The maximum atomic E-state index is 6.46. The molecular weight excluding hydrogens is 328 g/mol. The summed E-state index contributed by atoms with van der Waals surface area (Å²) in [5.41, 5.74) is 3.68. The molecule has 4 heteroatoms. The first-order valence-electron chi connectivity index (χ1n) is 9.43. The Morgan fingerprint density at radius 1 is 1.08 bits per heavy atom. The van der Waals surface area contributed by atoms with Gasteiger partial charge in [-0.25, -0.2) is 0 Å². The molecule has 138 valence electrons. The second kappa shape index (κ2) is 7.10. The monoisotopic (exact) mass is 354 g/mol. The summed E-state index contributed by atoms with van der Waals surface area (Å²) in [4.78, 5) is 0. The molecular formula is C22H26O4. The number of methoxy groups -OCH3 is 1. The molecule has 1 fully saturated rings. The van der Waals surface area contributed by atoms with Gasteiger partial charge >= 0.3 is 0 Å². The number of benzene rings is 2. The first-order valence-corrected chi connectivity index (χ1v) is 9.43. The van der Waals surface area contributed by atoms with Gasteiger partial charge in [0.2, 0.25) is 6.79 Å². The molecule has 2 aliphatic rings. The molecule has 0 saturated heterocycles. The Labute approximate surface area is 155 Å². The number of hydrogen-bond donors (Lipinski definition) is 0. The second-order valence-electron chi connectivity index (χ2n) is 7.12. The molecule has 2 aromatic carbocycles. The van der Waals surface area contributed by atoms with Gasteiger partial charge in [-0.1, -0.05) is 19.1 Å². The molecule has 2 atom stereocenters. The first kappa shape index (κ1) is 17.1. The van der Waals surface area contributed by atoms with Gasteiger partial charge in [0.05, 0.1) is 7.11 Å². The molecule has 0 amide bonds. The lowest BCUT2D eigenvalue weighted by molar-refractivity contribution is 0.166. The fourth-order valence-electron chi connectivity index (χ4n) is 4.04. The van der Waals surface area contributed by atoms with Gasteiger partial charge in [-0.05, 0) is 61.9 Å². The highest BCUT2D eigenvalue weighted by Crippen LogP contribution is 2.47. The van der Waals surface area contributed by atoms with E-state index in [9.17, 15) is 0 Å². The van der Waals surface area contributed by atoms with E-state index in [4.69, 9.17) is 18.9 Å². The zero-order valence-corrected chi connectivity index (χ0v) is 15.7. The van der Waals surface area contributed by atoms with Crippen molar-refractivity contribution in [3.63, 3.8) is 0 Å². The zero-order chi connectivity index (χ0) is 18.1. The van der Waals surface area contributed by atoms with E-state index in [2.05, 4.69) is 32.0 Å². The summed E-state index contributed by atoms with van der Waals surface area (Å²) in [6.45, 7) is 4.54. The van der Waals surface area contributed by atoms with Crippen molar-refractivity contribution in [2.75, 3.05) is 13.9 Å². The number of rotatable bonds is 5. The van der Waals surface area contributed by atoms with Crippen molar-refractivity contribution in [1.29, 1.82) is 0 Å². The Bertz CT molecular complexity index is 799. The molecule has 0 N–H and O–H groups in total. The van der Waals surface area contributed by atoms with Gasteiger partial charge < -0.3 is 18.9 Å². The largest absolute Gasteiger partial charge is 0.493 e. The minimum atomic E-state index is 0.117. The molecule has 2 unspecified atom stereocenters. The normalized spacial score (nSPS) is 21.0. The highest BCUT2D eigenvalue weighted by atomic mass is 16.7. The molecule has 2 aromatic rings. The standard InChI is InChI=1S/C22H26O4/c1-4-15-11-17(22-21(12-15)24-13-25-22)16-6-5-7-18(16)26-20-10-14(2)8-9-19(20)23-3/h8-12,16,18H,4-7,13H2,1-3H3. The molecule has 0 radical (unpaired) electrons. The fraction of sp³-hybridized carbons (Fsp3) is 0.455. The molecule has 0 spiro atoms. The highest BCUT2D eigenvalue weighted by Gasteiger charge is 2.35. The van der Waals surface area contributed by atoms with Crippen molar-refractivity contribution in [1.82, 2.24) is 0 Å². The average Bonchev–Trinajstić information content (AvgIpc) is 3.30. The van der Waals surface area contributed by atoms with E-state index < -0.39 is 0 Å². The molecule has 0 bridgehead atoms. The summed E-state index contributed by atoms with van der Waals surface area (Å²) >= 11 is 0. The van der Waals surface area contributed by atoms with Crippen molar-refractivity contribution in [3.8, 4) is 23.0 Å². The molecule has 1 aliphatic carbocycles. The molecule has 1 aliphatic heterocycles. The summed E-state index contributed by atoms with van der Waals surface area (Å²) in [5, 5.41) is 0. The van der Waals surface area contributed by atoms with Crippen molar-refractivity contribution in [2.24, 2.45) is 0 Å². The molecule has 0 aromatic heterocycles. The number of ether oxygens (including phenoxy) is 4. The maximum Gasteiger partial charge on any atom is 0.231 e. The lowest BCUT2D eigenvalue weighted by Gasteiger charge is -2.24. The molecule has 1 heterocycles. The lowest BCUT2D eigenvalue weighted by atomic mass is 9.92. The van der Waals surface area contributed by atoms with Crippen LogP contribution in [0.2, 0.25) is 0 Å². The Morgan fingerprint density at radius 2 is 1.96 bits per heavy atom. The predicted molar refractivity (Wildman–Crippen MR) is 101 cm³/mol. The Kier molecular flexibility index (Phi) is 4.66. The van der Waals surface area contributed by atoms with Gasteiger partial charge in [0, 0.05) is 11.5 Å². The Morgan fingerprint density at radius 3 is 2.77 bits per heavy atom. The first-order chi connectivity index (χ1) is 12.7. The van der Waals surface area contributed by atoms with Gasteiger partial charge in [-0.15, -0.1) is 0 Å². The number of fused-ring (bicyclic) bond motifs is 1. The summed E-state index contributed by atoms with van der Waals surface area (Å²) in [6.07, 6.45) is 4.38. The molecule has 4 rings (SSSR count). The lowest BCUT2D eigenvalue weighted by Crippen LogP contribution is -2.21.